The average molecular weight is 207 g/mol. The smallest absolute Gasteiger partial charge is 0.0118 e. The molecule has 1 heteroatoms. The van der Waals surface area contributed by atoms with Crippen LogP contribution >= 0.6 is 0 Å². The van der Waals surface area contributed by atoms with Gasteiger partial charge in [0.15, 0.2) is 0 Å². The second-order valence-electron chi connectivity index (χ2n) is 5.64. The third kappa shape index (κ3) is 3.87. The Balaban J connectivity index is 2.52. The van der Waals surface area contributed by atoms with E-state index >= 15 is 0 Å². The van der Waals surface area contributed by atoms with Gasteiger partial charge in [0.1, 0.15) is 0 Å². The molecule has 15 heavy (non-hydrogen) atoms. The molecule has 1 N–H and O–H groups in total. The lowest BCUT2D eigenvalue weighted by Crippen LogP contribution is -2.35. The van der Waals surface area contributed by atoms with Crippen molar-refractivity contribution in [3.8, 4) is 12.3 Å². The van der Waals surface area contributed by atoms with Crippen LogP contribution in [-0.2, 0) is 0 Å². The van der Waals surface area contributed by atoms with E-state index in [0.29, 0.717) is 5.41 Å². The molecule has 2 atom stereocenters. The van der Waals surface area contributed by atoms with Gasteiger partial charge in [-0.25, -0.2) is 0 Å². The fraction of sp³-hybridized carbons (Fsp3) is 0.857. The molecule has 0 radical (unpaired) electrons. The zero-order valence-corrected chi connectivity index (χ0v) is 10.5. The van der Waals surface area contributed by atoms with E-state index < -0.39 is 0 Å². The van der Waals surface area contributed by atoms with Crippen LogP contribution in [0.25, 0.3) is 0 Å². The Morgan fingerprint density at radius 3 is 2.73 bits per heavy atom. The van der Waals surface area contributed by atoms with E-state index in [2.05, 4.69) is 32.0 Å². The van der Waals surface area contributed by atoms with Gasteiger partial charge in [0.25, 0.3) is 0 Å². The van der Waals surface area contributed by atoms with E-state index in [1.54, 1.807) is 0 Å². The topological polar surface area (TPSA) is 12.0 Å². The van der Waals surface area contributed by atoms with Gasteiger partial charge in [-0.1, -0.05) is 20.8 Å². The van der Waals surface area contributed by atoms with E-state index in [-0.39, 0.29) is 0 Å². The average Bonchev–Trinajstić information content (AvgIpc) is 2.16. The Hall–Kier alpha value is -0.480. The minimum atomic E-state index is 0.504. The first-order valence-electron chi connectivity index (χ1n) is 6.23. The Morgan fingerprint density at radius 1 is 1.40 bits per heavy atom. The SMILES string of the molecule is C#CCC1CC(C)(C)CCC1CNCC. The number of nitrogens with one attached hydrogen (secondary N) is 1. The van der Waals surface area contributed by atoms with Crippen LogP contribution in [0.3, 0.4) is 0 Å². The molecule has 2 unspecified atom stereocenters. The normalized spacial score (nSPS) is 29.7. The van der Waals surface area contributed by atoms with Crippen LogP contribution in [0.4, 0.5) is 0 Å². The minimum absolute atomic E-state index is 0.504. The second-order valence-corrected chi connectivity index (χ2v) is 5.64. The molecule has 1 nitrogen and oxygen atoms in total. The molecular formula is C14H25N. The van der Waals surface area contributed by atoms with E-state index in [0.717, 1.165) is 31.3 Å². The quantitative estimate of drug-likeness (QED) is 0.699. The van der Waals surface area contributed by atoms with Gasteiger partial charge in [0.05, 0.1) is 0 Å². The molecule has 1 aliphatic rings. The third-order valence-electron chi connectivity index (χ3n) is 3.71. The molecular weight excluding hydrogens is 182 g/mol. The van der Waals surface area contributed by atoms with Gasteiger partial charge >= 0.3 is 0 Å². The molecule has 0 amide bonds. The number of hydrogen-bond acceptors (Lipinski definition) is 1. The monoisotopic (exact) mass is 207 g/mol. The number of terminal acetylenes is 1. The van der Waals surface area contributed by atoms with Gasteiger partial charge in [-0.05, 0) is 49.6 Å². The predicted octanol–water partition coefficient (Wildman–Crippen LogP) is 3.06. The van der Waals surface area contributed by atoms with Gasteiger partial charge in [-0.3, -0.25) is 0 Å². The first kappa shape index (κ1) is 12.6. The highest BCUT2D eigenvalue weighted by Gasteiger charge is 2.33. The van der Waals surface area contributed by atoms with Crippen LogP contribution < -0.4 is 5.32 Å². The van der Waals surface area contributed by atoms with Crippen LogP contribution in [-0.4, -0.2) is 13.1 Å². The summed E-state index contributed by atoms with van der Waals surface area (Å²) < 4.78 is 0. The standard InChI is InChI=1S/C14H25N/c1-5-7-12-10-14(3,4)9-8-13(12)11-15-6-2/h1,12-13,15H,6-11H2,2-4H3. The van der Waals surface area contributed by atoms with E-state index in [4.69, 9.17) is 6.42 Å². The molecule has 0 aromatic heterocycles. The summed E-state index contributed by atoms with van der Waals surface area (Å²) in [6.07, 6.45) is 10.4. The van der Waals surface area contributed by atoms with Crippen LogP contribution in [0.1, 0.15) is 46.5 Å². The fourth-order valence-corrected chi connectivity index (χ4v) is 2.78. The predicted molar refractivity (Wildman–Crippen MR) is 66.6 cm³/mol. The maximum atomic E-state index is 5.47. The summed E-state index contributed by atoms with van der Waals surface area (Å²) in [5, 5.41) is 3.47. The van der Waals surface area contributed by atoms with Crippen molar-refractivity contribution in [2.75, 3.05) is 13.1 Å². The molecule has 1 saturated carbocycles. The summed E-state index contributed by atoms with van der Waals surface area (Å²) in [7, 11) is 0. The largest absolute Gasteiger partial charge is 0.317 e. The van der Waals surface area contributed by atoms with Crippen molar-refractivity contribution in [3.63, 3.8) is 0 Å². The zero-order valence-electron chi connectivity index (χ0n) is 10.5. The molecule has 0 aromatic rings. The Kier molecular flexibility index (Phi) is 4.67. The molecule has 0 saturated heterocycles. The fourth-order valence-electron chi connectivity index (χ4n) is 2.78. The van der Waals surface area contributed by atoms with Crippen LogP contribution in [0.2, 0.25) is 0 Å². The van der Waals surface area contributed by atoms with Crippen molar-refractivity contribution in [2.24, 2.45) is 17.3 Å². The lowest BCUT2D eigenvalue weighted by Gasteiger charge is -2.40. The maximum absolute atomic E-state index is 5.47. The molecule has 86 valence electrons. The summed E-state index contributed by atoms with van der Waals surface area (Å²) in [4.78, 5) is 0. The van der Waals surface area contributed by atoms with Crippen molar-refractivity contribution in [3.05, 3.63) is 0 Å². The third-order valence-corrected chi connectivity index (χ3v) is 3.71. The van der Waals surface area contributed by atoms with Gasteiger partial charge in [-0.15, -0.1) is 12.3 Å². The van der Waals surface area contributed by atoms with Crippen molar-refractivity contribution in [1.82, 2.24) is 5.32 Å². The van der Waals surface area contributed by atoms with E-state index in [1.807, 2.05) is 0 Å². The minimum Gasteiger partial charge on any atom is -0.317 e. The zero-order chi connectivity index (χ0) is 11.3. The highest BCUT2D eigenvalue weighted by molar-refractivity contribution is 4.94. The van der Waals surface area contributed by atoms with Crippen LogP contribution in [0.15, 0.2) is 0 Å². The molecule has 0 aliphatic heterocycles. The van der Waals surface area contributed by atoms with E-state index in [9.17, 15) is 0 Å². The highest BCUT2D eigenvalue weighted by atomic mass is 14.8. The molecule has 0 aromatic carbocycles. The molecule has 1 rings (SSSR count). The van der Waals surface area contributed by atoms with Crippen LogP contribution in [0, 0.1) is 29.6 Å². The Morgan fingerprint density at radius 2 is 2.13 bits per heavy atom. The molecule has 0 spiro atoms. The van der Waals surface area contributed by atoms with Crippen LogP contribution in [0.5, 0.6) is 0 Å². The molecule has 0 heterocycles. The van der Waals surface area contributed by atoms with E-state index in [1.165, 1.54) is 19.3 Å². The van der Waals surface area contributed by atoms with Gasteiger partial charge in [-0.2, -0.15) is 0 Å². The second kappa shape index (κ2) is 5.56. The summed E-state index contributed by atoms with van der Waals surface area (Å²) in [6.45, 7) is 9.14. The molecule has 1 aliphatic carbocycles. The Labute approximate surface area is 95.0 Å². The first-order chi connectivity index (χ1) is 7.09. The van der Waals surface area contributed by atoms with Gasteiger partial charge in [0.2, 0.25) is 0 Å². The summed E-state index contributed by atoms with van der Waals surface area (Å²) >= 11 is 0. The number of rotatable bonds is 4. The number of hydrogen-bond donors (Lipinski definition) is 1. The van der Waals surface area contributed by atoms with Crippen molar-refractivity contribution in [2.45, 2.75) is 46.5 Å². The summed E-state index contributed by atoms with van der Waals surface area (Å²) in [5.74, 6) is 4.39. The van der Waals surface area contributed by atoms with Crippen molar-refractivity contribution >= 4 is 0 Å². The van der Waals surface area contributed by atoms with Gasteiger partial charge < -0.3 is 5.32 Å². The maximum Gasteiger partial charge on any atom is 0.0118 e. The highest BCUT2D eigenvalue weighted by Crippen LogP contribution is 2.42. The lowest BCUT2D eigenvalue weighted by atomic mass is 9.66. The summed E-state index contributed by atoms with van der Waals surface area (Å²) in [6, 6.07) is 0. The molecule has 1 fully saturated rings. The molecule has 0 bridgehead atoms. The first-order valence-corrected chi connectivity index (χ1v) is 6.23. The van der Waals surface area contributed by atoms with Gasteiger partial charge in [0, 0.05) is 6.42 Å². The van der Waals surface area contributed by atoms with Crippen molar-refractivity contribution in [1.29, 1.82) is 0 Å². The summed E-state index contributed by atoms with van der Waals surface area (Å²) in [5.41, 5.74) is 0.504. The lowest BCUT2D eigenvalue weighted by molar-refractivity contribution is 0.119. The van der Waals surface area contributed by atoms with Crippen molar-refractivity contribution < 1.29 is 0 Å². The Bertz CT molecular complexity index is 224.